The molecule has 0 unspecified atom stereocenters. The van der Waals surface area contributed by atoms with Crippen molar-refractivity contribution in [2.24, 2.45) is 0 Å². The Bertz CT molecular complexity index is 1060. The van der Waals surface area contributed by atoms with E-state index in [4.69, 9.17) is 16.3 Å². The molecule has 160 valence electrons. The smallest absolute Gasteiger partial charge is 0.251 e. The van der Waals surface area contributed by atoms with E-state index in [1.807, 2.05) is 42.5 Å². The van der Waals surface area contributed by atoms with Gasteiger partial charge in [0.15, 0.2) is 0 Å². The van der Waals surface area contributed by atoms with Gasteiger partial charge in [-0.25, -0.2) is 0 Å². The molecular weight excluding hydrogens is 406 g/mol. The first-order valence-corrected chi connectivity index (χ1v) is 11.4. The van der Waals surface area contributed by atoms with Gasteiger partial charge in [0, 0.05) is 16.1 Å². The number of benzene rings is 3. The third-order valence-electron chi connectivity index (χ3n) is 5.94. The topological polar surface area (TPSA) is 38.3 Å². The highest BCUT2D eigenvalue weighted by Gasteiger charge is 2.17. The number of rotatable bonds is 7. The summed E-state index contributed by atoms with van der Waals surface area (Å²) in [6.07, 6.45) is 5.67. The second-order valence-electron chi connectivity index (χ2n) is 8.08. The predicted molar refractivity (Wildman–Crippen MR) is 126 cm³/mol. The van der Waals surface area contributed by atoms with Gasteiger partial charge < -0.3 is 10.1 Å². The molecule has 0 fully saturated rings. The first-order chi connectivity index (χ1) is 15.1. The number of hydrogen-bond acceptors (Lipinski definition) is 2. The summed E-state index contributed by atoms with van der Waals surface area (Å²) >= 11 is 6.20. The minimum Gasteiger partial charge on any atom is -0.489 e. The van der Waals surface area contributed by atoms with Crippen molar-refractivity contribution in [2.75, 3.05) is 0 Å². The Kier molecular flexibility index (Phi) is 6.93. The van der Waals surface area contributed by atoms with Crippen LogP contribution in [-0.4, -0.2) is 5.91 Å². The van der Waals surface area contributed by atoms with Gasteiger partial charge in [-0.2, -0.15) is 0 Å². The van der Waals surface area contributed by atoms with Crippen molar-refractivity contribution < 1.29 is 9.53 Å². The van der Waals surface area contributed by atoms with Crippen molar-refractivity contribution in [2.45, 2.75) is 51.7 Å². The normalized spacial score (nSPS) is 13.9. The first-order valence-electron chi connectivity index (χ1n) is 11.0. The second-order valence-corrected chi connectivity index (χ2v) is 8.48. The molecule has 1 atom stereocenters. The number of amides is 1. The summed E-state index contributed by atoms with van der Waals surface area (Å²) in [6.45, 7) is 2.46. The molecule has 1 aliphatic carbocycles. The molecule has 0 aliphatic heterocycles. The van der Waals surface area contributed by atoms with Gasteiger partial charge in [-0.05, 0) is 73.1 Å². The SMILES string of the molecule is CC[C@H](NC(=O)c1cccc(OCc2ccccc2Cl)c1)c1ccc2c(c1)CCCC2. The van der Waals surface area contributed by atoms with Crippen molar-refractivity contribution >= 4 is 17.5 Å². The summed E-state index contributed by atoms with van der Waals surface area (Å²) in [5.74, 6) is 0.558. The number of halogens is 1. The number of ether oxygens (including phenoxy) is 1. The van der Waals surface area contributed by atoms with Crippen LogP contribution in [-0.2, 0) is 19.4 Å². The largest absolute Gasteiger partial charge is 0.489 e. The van der Waals surface area contributed by atoms with Crippen LogP contribution in [0.15, 0.2) is 66.7 Å². The molecule has 0 spiro atoms. The Balaban J connectivity index is 1.44. The van der Waals surface area contributed by atoms with E-state index in [-0.39, 0.29) is 11.9 Å². The number of carbonyl (C=O) groups is 1. The molecule has 3 aromatic rings. The Labute approximate surface area is 189 Å². The van der Waals surface area contributed by atoms with Crippen LogP contribution < -0.4 is 10.1 Å². The van der Waals surface area contributed by atoms with Gasteiger partial charge in [0.05, 0.1) is 6.04 Å². The highest BCUT2D eigenvalue weighted by atomic mass is 35.5. The van der Waals surface area contributed by atoms with Crippen molar-refractivity contribution in [3.05, 3.63) is 99.6 Å². The maximum atomic E-state index is 13.0. The molecule has 3 aromatic carbocycles. The first kappa shape index (κ1) is 21.5. The van der Waals surface area contributed by atoms with Crippen LogP contribution in [0.4, 0.5) is 0 Å². The lowest BCUT2D eigenvalue weighted by atomic mass is 9.88. The molecule has 0 heterocycles. The molecule has 31 heavy (non-hydrogen) atoms. The molecular formula is C27H28ClNO2. The van der Waals surface area contributed by atoms with E-state index >= 15 is 0 Å². The van der Waals surface area contributed by atoms with E-state index < -0.39 is 0 Å². The number of fused-ring (bicyclic) bond motifs is 1. The third-order valence-corrected chi connectivity index (χ3v) is 6.31. The fourth-order valence-corrected chi connectivity index (χ4v) is 4.33. The van der Waals surface area contributed by atoms with Gasteiger partial charge in [0.25, 0.3) is 5.91 Å². The summed E-state index contributed by atoms with van der Waals surface area (Å²) in [4.78, 5) is 13.0. The predicted octanol–water partition coefficient (Wildman–Crippen LogP) is 6.68. The van der Waals surface area contributed by atoms with Crippen LogP contribution in [0.3, 0.4) is 0 Å². The van der Waals surface area contributed by atoms with E-state index in [9.17, 15) is 4.79 Å². The quantitative estimate of drug-likeness (QED) is 0.451. The fraction of sp³-hybridized carbons (Fsp3) is 0.296. The lowest BCUT2D eigenvalue weighted by Gasteiger charge is -2.22. The maximum absolute atomic E-state index is 13.0. The van der Waals surface area contributed by atoms with Crippen LogP contribution >= 0.6 is 11.6 Å². The van der Waals surface area contributed by atoms with Crippen LogP contribution in [0.1, 0.15) is 64.8 Å². The Morgan fingerprint density at radius 1 is 1.00 bits per heavy atom. The Morgan fingerprint density at radius 3 is 2.61 bits per heavy atom. The number of hydrogen-bond donors (Lipinski definition) is 1. The maximum Gasteiger partial charge on any atom is 0.251 e. The van der Waals surface area contributed by atoms with Crippen molar-refractivity contribution in [3.8, 4) is 5.75 Å². The molecule has 4 heteroatoms. The van der Waals surface area contributed by atoms with Crippen LogP contribution in [0.5, 0.6) is 5.75 Å². The zero-order valence-corrected chi connectivity index (χ0v) is 18.6. The third kappa shape index (κ3) is 5.29. The van der Waals surface area contributed by atoms with Gasteiger partial charge in [0.1, 0.15) is 12.4 Å². The van der Waals surface area contributed by atoms with E-state index in [1.54, 1.807) is 6.07 Å². The summed E-state index contributed by atoms with van der Waals surface area (Å²) in [6, 6.07) is 21.6. The lowest BCUT2D eigenvalue weighted by Crippen LogP contribution is -2.28. The van der Waals surface area contributed by atoms with Gasteiger partial charge in [-0.1, -0.05) is 61.0 Å². The molecule has 1 amide bonds. The van der Waals surface area contributed by atoms with Gasteiger partial charge >= 0.3 is 0 Å². The molecule has 1 aliphatic rings. The molecule has 4 rings (SSSR count). The highest BCUT2D eigenvalue weighted by Crippen LogP contribution is 2.26. The fourth-order valence-electron chi connectivity index (χ4n) is 4.14. The molecule has 0 bridgehead atoms. The molecule has 0 saturated heterocycles. The van der Waals surface area contributed by atoms with E-state index in [2.05, 4.69) is 30.4 Å². The summed E-state index contributed by atoms with van der Waals surface area (Å²) in [7, 11) is 0. The zero-order valence-electron chi connectivity index (χ0n) is 17.9. The number of nitrogens with one attached hydrogen (secondary N) is 1. The number of aryl methyl sites for hydroxylation is 2. The van der Waals surface area contributed by atoms with Gasteiger partial charge in [0.2, 0.25) is 0 Å². The molecule has 0 radical (unpaired) electrons. The van der Waals surface area contributed by atoms with E-state index in [0.717, 1.165) is 18.4 Å². The molecule has 0 aromatic heterocycles. The van der Waals surface area contributed by atoms with Crippen molar-refractivity contribution in [1.29, 1.82) is 0 Å². The molecule has 0 saturated carbocycles. The van der Waals surface area contributed by atoms with Gasteiger partial charge in [-0.15, -0.1) is 0 Å². The minimum absolute atomic E-state index is 0.00701. The van der Waals surface area contributed by atoms with Crippen LogP contribution in [0.25, 0.3) is 0 Å². The molecule has 1 N–H and O–H groups in total. The minimum atomic E-state index is -0.0900. The summed E-state index contributed by atoms with van der Waals surface area (Å²) in [5, 5.41) is 3.87. The Morgan fingerprint density at radius 2 is 1.81 bits per heavy atom. The summed E-state index contributed by atoms with van der Waals surface area (Å²) < 4.78 is 5.88. The van der Waals surface area contributed by atoms with E-state index in [1.165, 1.54) is 36.0 Å². The Hall–Kier alpha value is -2.78. The standard InChI is InChI=1S/C27H28ClNO2/c1-2-26(21-15-14-19-8-3-4-9-20(19)16-21)29-27(30)22-11-7-12-24(17-22)31-18-23-10-5-6-13-25(23)28/h5-7,10-17,26H,2-4,8-9,18H2,1H3,(H,29,30)/t26-/m0/s1. The monoisotopic (exact) mass is 433 g/mol. The van der Waals surface area contributed by atoms with Crippen LogP contribution in [0, 0.1) is 0 Å². The summed E-state index contributed by atoms with van der Waals surface area (Å²) in [5.41, 5.74) is 5.58. The van der Waals surface area contributed by atoms with Crippen molar-refractivity contribution in [1.82, 2.24) is 5.32 Å². The average Bonchev–Trinajstić information content (AvgIpc) is 2.81. The lowest BCUT2D eigenvalue weighted by molar-refractivity contribution is 0.0935. The van der Waals surface area contributed by atoms with E-state index in [0.29, 0.717) is 22.9 Å². The van der Waals surface area contributed by atoms with Crippen molar-refractivity contribution in [3.63, 3.8) is 0 Å². The molecule has 3 nitrogen and oxygen atoms in total. The second kappa shape index (κ2) is 10.0. The highest BCUT2D eigenvalue weighted by molar-refractivity contribution is 6.31. The van der Waals surface area contributed by atoms with Crippen LogP contribution in [0.2, 0.25) is 5.02 Å². The number of carbonyl (C=O) groups excluding carboxylic acids is 1. The average molecular weight is 434 g/mol. The zero-order chi connectivity index (χ0) is 21.6. The van der Waals surface area contributed by atoms with Gasteiger partial charge in [-0.3, -0.25) is 4.79 Å².